The Balaban J connectivity index is 1.32. The number of nitrogens with one attached hydrogen (secondary N) is 2. The highest BCUT2D eigenvalue weighted by molar-refractivity contribution is 8.00. The lowest BCUT2D eigenvalue weighted by atomic mass is 10.2. The second kappa shape index (κ2) is 9.65. The molecule has 1 unspecified atom stereocenters. The van der Waals surface area contributed by atoms with E-state index in [1.807, 2.05) is 31.2 Å². The Labute approximate surface area is 190 Å². The van der Waals surface area contributed by atoms with Gasteiger partial charge in [0.25, 0.3) is 5.91 Å². The third kappa shape index (κ3) is 5.15. The number of benzene rings is 3. The highest BCUT2D eigenvalue weighted by atomic mass is 32.2. The number of hydrogen-bond donors (Lipinski definition) is 2. The molecule has 1 aliphatic rings. The molecular formula is C24H22N2O5S. The molecule has 3 aromatic rings. The van der Waals surface area contributed by atoms with Crippen molar-refractivity contribution in [2.24, 2.45) is 0 Å². The molecule has 2 amide bonds. The molecule has 0 saturated heterocycles. The molecule has 4 rings (SSSR count). The van der Waals surface area contributed by atoms with Gasteiger partial charge in [-0.05, 0) is 61.5 Å². The van der Waals surface area contributed by atoms with Gasteiger partial charge in [0.2, 0.25) is 12.7 Å². The van der Waals surface area contributed by atoms with Gasteiger partial charge < -0.3 is 24.8 Å². The first kappa shape index (κ1) is 21.6. The summed E-state index contributed by atoms with van der Waals surface area (Å²) in [4.78, 5) is 25.9. The summed E-state index contributed by atoms with van der Waals surface area (Å²) in [5.41, 5.74) is 1.83. The minimum Gasteiger partial charge on any atom is -0.497 e. The molecule has 3 aromatic carbocycles. The van der Waals surface area contributed by atoms with Crippen LogP contribution in [-0.4, -0.2) is 31.0 Å². The van der Waals surface area contributed by atoms with Gasteiger partial charge in [0, 0.05) is 27.9 Å². The van der Waals surface area contributed by atoms with Gasteiger partial charge in [-0.2, -0.15) is 0 Å². The summed E-state index contributed by atoms with van der Waals surface area (Å²) in [6, 6.07) is 19.6. The third-order valence-electron chi connectivity index (χ3n) is 4.77. The lowest BCUT2D eigenvalue weighted by Crippen LogP contribution is -2.22. The maximum atomic E-state index is 12.6. The summed E-state index contributed by atoms with van der Waals surface area (Å²) in [6.45, 7) is 2.03. The number of thioether (sulfide) groups is 1. The van der Waals surface area contributed by atoms with Crippen LogP contribution in [0, 0.1) is 0 Å². The molecular weight excluding hydrogens is 428 g/mol. The Morgan fingerprint density at radius 2 is 1.69 bits per heavy atom. The first-order valence-corrected chi connectivity index (χ1v) is 10.8. The van der Waals surface area contributed by atoms with Crippen LogP contribution in [0.25, 0.3) is 0 Å². The van der Waals surface area contributed by atoms with E-state index in [4.69, 9.17) is 14.2 Å². The van der Waals surface area contributed by atoms with Crippen LogP contribution in [0.1, 0.15) is 17.3 Å². The van der Waals surface area contributed by atoms with Crippen molar-refractivity contribution in [1.82, 2.24) is 0 Å². The number of methoxy groups -OCH3 is 1. The van der Waals surface area contributed by atoms with Gasteiger partial charge in [-0.3, -0.25) is 9.59 Å². The predicted molar refractivity (Wildman–Crippen MR) is 124 cm³/mol. The molecule has 0 bridgehead atoms. The van der Waals surface area contributed by atoms with Gasteiger partial charge in [0.05, 0.1) is 12.4 Å². The van der Waals surface area contributed by atoms with Crippen molar-refractivity contribution in [1.29, 1.82) is 0 Å². The van der Waals surface area contributed by atoms with E-state index in [1.165, 1.54) is 11.8 Å². The lowest BCUT2D eigenvalue weighted by Gasteiger charge is -2.13. The summed E-state index contributed by atoms with van der Waals surface area (Å²) in [5.74, 6) is 1.57. The molecule has 0 fully saturated rings. The average molecular weight is 451 g/mol. The van der Waals surface area contributed by atoms with Crippen molar-refractivity contribution in [2.45, 2.75) is 17.1 Å². The highest BCUT2D eigenvalue weighted by Gasteiger charge is 2.18. The molecule has 1 aliphatic heterocycles. The van der Waals surface area contributed by atoms with Gasteiger partial charge in [-0.25, -0.2) is 0 Å². The predicted octanol–water partition coefficient (Wildman–Crippen LogP) is 4.80. The minimum atomic E-state index is -0.322. The Bertz CT molecular complexity index is 1130. The zero-order valence-corrected chi connectivity index (χ0v) is 18.4. The molecule has 164 valence electrons. The zero-order valence-electron chi connectivity index (χ0n) is 17.6. The fourth-order valence-corrected chi connectivity index (χ4v) is 3.93. The number of carbonyl (C=O) groups excluding carboxylic acids is 2. The third-order valence-corrected chi connectivity index (χ3v) is 5.88. The van der Waals surface area contributed by atoms with E-state index < -0.39 is 0 Å². The molecule has 0 aliphatic carbocycles. The first-order chi connectivity index (χ1) is 15.5. The largest absolute Gasteiger partial charge is 0.497 e. The smallest absolute Gasteiger partial charge is 0.255 e. The van der Waals surface area contributed by atoms with Crippen LogP contribution < -0.4 is 24.8 Å². The van der Waals surface area contributed by atoms with Crippen molar-refractivity contribution < 1.29 is 23.8 Å². The fourth-order valence-electron chi connectivity index (χ4n) is 3.06. The summed E-state index contributed by atoms with van der Waals surface area (Å²) in [6.07, 6.45) is 0. The van der Waals surface area contributed by atoms with Gasteiger partial charge in [0.1, 0.15) is 5.75 Å². The SMILES string of the molecule is COc1cccc(C(=O)Nc2ccc(SC(C)C(=O)Nc3ccc4c(c3)OCO4)cc2)c1. The normalized spacial score (nSPS) is 12.7. The van der Waals surface area contributed by atoms with E-state index in [2.05, 4.69) is 10.6 Å². The minimum absolute atomic E-state index is 0.121. The molecule has 1 heterocycles. The maximum absolute atomic E-state index is 12.6. The van der Waals surface area contributed by atoms with Crippen molar-refractivity contribution in [3.05, 3.63) is 72.3 Å². The van der Waals surface area contributed by atoms with Crippen LogP contribution in [0.3, 0.4) is 0 Å². The van der Waals surface area contributed by atoms with Crippen molar-refractivity contribution in [2.75, 3.05) is 24.5 Å². The summed E-state index contributed by atoms with van der Waals surface area (Å²) in [7, 11) is 1.56. The Morgan fingerprint density at radius 1 is 0.938 bits per heavy atom. The second-order valence-electron chi connectivity index (χ2n) is 7.03. The summed E-state index contributed by atoms with van der Waals surface area (Å²) < 4.78 is 15.8. The molecule has 7 nitrogen and oxygen atoms in total. The molecule has 0 radical (unpaired) electrons. The van der Waals surface area contributed by atoms with Gasteiger partial charge in [0.15, 0.2) is 11.5 Å². The molecule has 8 heteroatoms. The number of hydrogen-bond acceptors (Lipinski definition) is 6. The molecule has 1 atom stereocenters. The number of amides is 2. The Kier molecular flexibility index (Phi) is 6.51. The topological polar surface area (TPSA) is 85.9 Å². The van der Waals surface area contributed by atoms with Gasteiger partial charge in [-0.1, -0.05) is 6.07 Å². The van der Waals surface area contributed by atoms with E-state index >= 15 is 0 Å². The number of ether oxygens (including phenoxy) is 3. The van der Waals surface area contributed by atoms with Gasteiger partial charge in [-0.15, -0.1) is 11.8 Å². The zero-order chi connectivity index (χ0) is 22.5. The van der Waals surface area contributed by atoms with Crippen molar-refractivity contribution in [3.63, 3.8) is 0 Å². The maximum Gasteiger partial charge on any atom is 0.255 e. The summed E-state index contributed by atoms with van der Waals surface area (Å²) >= 11 is 1.43. The van der Waals surface area contributed by atoms with Crippen LogP contribution >= 0.6 is 11.8 Å². The van der Waals surface area contributed by atoms with Crippen LogP contribution in [0.15, 0.2) is 71.6 Å². The van der Waals surface area contributed by atoms with Gasteiger partial charge >= 0.3 is 0 Å². The standard InChI is InChI=1S/C24H22N2O5S/c1-15(23(27)26-18-8-11-21-22(13-18)31-14-30-21)32-20-9-6-17(7-10-20)25-24(28)16-4-3-5-19(12-16)29-2/h3-13,15H,14H2,1-2H3,(H,25,28)(H,26,27). The second-order valence-corrected chi connectivity index (χ2v) is 8.44. The van der Waals surface area contributed by atoms with E-state index in [0.717, 1.165) is 4.90 Å². The van der Waals surface area contributed by atoms with E-state index in [1.54, 1.807) is 49.6 Å². The first-order valence-electron chi connectivity index (χ1n) is 9.94. The highest BCUT2D eigenvalue weighted by Crippen LogP contribution is 2.34. The molecule has 0 saturated carbocycles. The van der Waals surface area contributed by atoms with E-state index in [9.17, 15) is 9.59 Å². The Hall–Kier alpha value is -3.65. The van der Waals surface area contributed by atoms with E-state index in [-0.39, 0.29) is 23.9 Å². The summed E-state index contributed by atoms with van der Waals surface area (Å²) in [5, 5.41) is 5.43. The van der Waals surface area contributed by atoms with Crippen LogP contribution in [-0.2, 0) is 4.79 Å². The molecule has 0 spiro atoms. The van der Waals surface area contributed by atoms with Crippen LogP contribution in [0.4, 0.5) is 11.4 Å². The Morgan fingerprint density at radius 3 is 2.47 bits per heavy atom. The monoisotopic (exact) mass is 450 g/mol. The molecule has 2 N–H and O–H groups in total. The number of rotatable bonds is 7. The van der Waals surface area contributed by atoms with Crippen molar-refractivity contribution in [3.8, 4) is 17.2 Å². The van der Waals surface area contributed by atoms with Crippen LogP contribution in [0.2, 0.25) is 0 Å². The molecule has 32 heavy (non-hydrogen) atoms. The quantitative estimate of drug-likeness (QED) is 0.503. The number of anilines is 2. The molecule has 0 aromatic heterocycles. The lowest BCUT2D eigenvalue weighted by molar-refractivity contribution is -0.115. The van der Waals surface area contributed by atoms with Crippen LogP contribution in [0.5, 0.6) is 17.2 Å². The fraction of sp³-hybridized carbons (Fsp3) is 0.167. The van der Waals surface area contributed by atoms with Crippen molar-refractivity contribution >= 4 is 35.0 Å². The van der Waals surface area contributed by atoms with E-state index in [0.29, 0.717) is 34.2 Å². The number of carbonyl (C=O) groups is 2. The number of fused-ring (bicyclic) bond motifs is 1. The average Bonchev–Trinajstić information content (AvgIpc) is 3.28.